The van der Waals surface area contributed by atoms with Gasteiger partial charge in [0.25, 0.3) is 0 Å². The van der Waals surface area contributed by atoms with Gasteiger partial charge in [-0.25, -0.2) is 5.43 Å². The van der Waals surface area contributed by atoms with Gasteiger partial charge in [0.1, 0.15) is 0 Å². The van der Waals surface area contributed by atoms with Crippen molar-refractivity contribution in [2.24, 2.45) is 5.10 Å². The zero-order valence-electron chi connectivity index (χ0n) is 18.0. The molecule has 2 aromatic carbocycles. The van der Waals surface area contributed by atoms with Gasteiger partial charge in [-0.05, 0) is 62.9 Å². The first-order chi connectivity index (χ1) is 14.4. The van der Waals surface area contributed by atoms with E-state index in [1.54, 1.807) is 6.21 Å². The van der Waals surface area contributed by atoms with Crippen molar-refractivity contribution in [3.63, 3.8) is 0 Å². The molecule has 0 aliphatic carbocycles. The summed E-state index contributed by atoms with van der Waals surface area (Å²) in [5.74, 6) is -0.218. The summed E-state index contributed by atoms with van der Waals surface area (Å²) < 4.78 is 2.21. The van der Waals surface area contributed by atoms with Gasteiger partial charge in [-0.15, -0.1) is 0 Å². The Morgan fingerprint density at radius 3 is 2.57 bits per heavy atom. The summed E-state index contributed by atoms with van der Waals surface area (Å²) in [7, 11) is 0. The largest absolute Gasteiger partial charge is 0.388 e. The van der Waals surface area contributed by atoms with Crippen LogP contribution in [0.25, 0.3) is 5.69 Å². The molecule has 1 aromatic heterocycles. The quantitative estimate of drug-likeness (QED) is 0.444. The zero-order valence-corrected chi connectivity index (χ0v) is 18.0. The number of rotatable bonds is 7. The highest BCUT2D eigenvalue weighted by Gasteiger charge is 2.13. The van der Waals surface area contributed by atoms with Gasteiger partial charge >= 0.3 is 0 Å². The molecule has 1 amide bonds. The Morgan fingerprint density at radius 1 is 1.10 bits per heavy atom. The molecule has 30 heavy (non-hydrogen) atoms. The summed E-state index contributed by atoms with van der Waals surface area (Å²) in [4.78, 5) is 12.1. The minimum atomic E-state index is -0.655. The second-order valence-corrected chi connectivity index (χ2v) is 7.64. The second-order valence-electron chi connectivity index (χ2n) is 7.64. The lowest BCUT2D eigenvalue weighted by molar-refractivity contribution is -0.121. The summed E-state index contributed by atoms with van der Waals surface area (Å²) in [5, 5.41) is 14.3. The highest BCUT2D eigenvalue weighted by Crippen LogP contribution is 2.24. The van der Waals surface area contributed by atoms with Crippen molar-refractivity contribution in [3.8, 4) is 5.69 Å². The molecule has 0 unspecified atom stereocenters. The van der Waals surface area contributed by atoms with E-state index in [1.165, 1.54) is 11.1 Å². The lowest BCUT2D eigenvalue weighted by Crippen LogP contribution is -2.18. The Kier molecular flexibility index (Phi) is 6.85. The summed E-state index contributed by atoms with van der Waals surface area (Å²) in [5.41, 5.74) is 10.2. The predicted molar refractivity (Wildman–Crippen MR) is 121 cm³/mol. The van der Waals surface area contributed by atoms with Crippen LogP contribution in [0.1, 0.15) is 52.6 Å². The molecule has 156 valence electrons. The van der Waals surface area contributed by atoms with Crippen LogP contribution in [0.15, 0.2) is 59.7 Å². The van der Waals surface area contributed by atoms with E-state index in [2.05, 4.69) is 60.1 Å². The van der Waals surface area contributed by atoms with Crippen molar-refractivity contribution in [3.05, 3.63) is 88.2 Å². The number of carbonyl (C=O) groups is 1. The molecule has 2 N–H and O–H groups in total. The lowest BCUT2D eigenvalue weighted by atomic mass is 10.1. The SMILES string of the molecule is Cc1cccc(-n2c(C)cc(/C=N\NC(=O)CC[C@H](O)c3ccccc3)c2C)c1C. The zero-order chi connectivity index (χ0) is 21.7. The molecule has 0 aliphatic rings. The first-order valence-corrected chi connectivity index (χ1v) is 10.2. The van der Waals surface area contributed by atoms with Gasteiger partial charge in [-0.3, -0.25) is 4.79 Å². The van der Waals surface area contributed by atoms with Crippen molar-refractivity contribution >= 4 is 12.1 Å². The third-order valence-electron chi connectivity index (χ3n) is 5.51. The van der Waals surface area contributed by atoms with Crippen LogP contribution in [-0.2, 0) is 4.79 Å². The van der Waals surface area contributed by atoms with Crippen molar-refractivity contribution in [1.82, 2.24) is 9.99 Å². The van der Waals surface area contributed by atoms with Gasteiger partial charge in [-0.1, -0.05) is 42.5 Å². The van der Waals surface area contributed by atoms with Crippen LogP contribution >= 0.6 is 0 Å². The molecule has 5 nitrogen and oxygen atoms in total. The van der Waals surface area contributed by atoms with E-state index in [4.69, 9.17) is 0 Å². The van der Waals surface area contributed by atoms with E-state index in [0.29, 0.717) is 6.42 Å². The number of carbonyl (C=O) groups excluding carboxylic acids is 1. The first-order valence-electron chi connectivity index (χ1n) is 10.2. The number of nitrogens with zero attached hydrogens (tertiary/aromatic N) is 2. The molecule has 0 radical (unpaired) electrons. The van der Waals surface area contributed by atoms with Gasteiger partial charge in [0, 0.05) is 29.1 Å². The van der Waals surface area contributed by atoms with Crippen LogP contribution in [-0.4, -0.2) is 21.8 Å². The van der Waals surface area contributed by atoms with Crippen LogP contribution in [0.2, 0.25) is 0 Å². The minimum absolute atomic E-state index is 0.203. The van der Waals surface area contributed by atoms with Gasteiger partial charge < -0.3 is 9.67 Å². The Labute approximate surface area is 178 Å². The first kappa shape index (κ1) is 21.5. The fourth-order valence-electron chi connectivity index (χ4n) is 3.61. The topological polar surface area (TPSA) is 66.6 Å². The molecule has 0 saturated carbocycles. The van der Waals surface area contributed by atoms with E-state index in [0.717, 1.165) is 28.2 Å². The summed E-state index contributed by atoms with van der Waals surface area (Å²) in [6, 6.07) is 17.7. The number of aliphatic hydroxyl groups is 1. The molecule has 0 fully saturated rings. The Morgan fingerprint density at radius 2 is 1.83 bits per heavy atom. The monoisotopic (exact) mass is 403 g/mol. The molecule has 0 bridgehead atoms. The molecular formula is C25H29N3O2. The fourth-order valence-corrected chi connectivity index (χ4v) is 3.61. The molecule has 1 atom stereocenters. The molecule has 0 spiro atoms. The van der Waals surface area contributed by atoms with Gasteiger partial charge in [0.2, 0.25) is 5.91 Å². The summed E-state index contributed by atoms with van der Waals surface area (Å²) in [6.45, 7) is 8.35. The van der Waals surface area contributed by atoms with E-state index < -0.39 is 6.10 Å². The number of amides is 1. The van der Waals surface area contributed by atoms with Crippen LogP contribution in [0, 0.1) is 27.7 Å². The van der Waals surface area contributed by atoms with Gasteiger partial charge in [-0.2, -0.15) is 5.10 Å². The van der Waals surface area contributed by atoms with Crippen molar-refractivity contribution in [2.75, 3.05) is 0 Å². The number of hydrogen-bond donors (Lipinski definition) is 2. The van der Waals surface area contributed by atoms with E-state index in [1.807, 2.05) is 37.3 Å². The number of aliphatic hydroxyl groups excluding tert-OH is 1. The molecule has 5 heteroatoms. The van der Waals surface area contributed by atoms with Crippen molar-refractivity contribution < 1.29 is 9.90 Å². The van der Waals surface area contributed by atoms with Crippen LogP contribution in [0.4, 0.5) is 0 Å². The summed E-state index contributed by atoms with van der Waals surface area (Å²) >= 11 is 0. The second kappa shape index (κ2) is 9.55. The highest BCUT2D eigenvalue weighted by atomic mass is 16.3. The predicted octanol–water partition coefficient (Wildman–Crippen LogP) is 4.67. The van der Waals surface area contributed by atoms with Crippen molar-refractivity contribution in [2.45, 2.75) is 46.6 Å². The molecule has 3 rings (SSSR count). The Hall–Kier alpha value is -3.18. The number of hydrazone groups is 1. The van der Waals surface area contributed by atoms with Crippen LogP contribution < -0.4 is 5.43 Å². The maximum atomic E-state index is 12.1. The Balaban J connectivity index is 1.63. The Bertz CT molecular complexity index is 1050. The fraction of sp³-hybridized carbons (Fsp3) is 0.280. The normalized spacial score (nSPS) is 12.3. The molecule has 1 heterocycles. The van der Waals surface area contributed by atoms with Crippen LogP contribution in [0.3, 0.4) is 0 Å². The van der Waals surface area contributed by atoms with E-state index >= 15 is 0 Å². The van der Waals surface area contributed by atoms with Crippen LogP contribution in [0.5, 0.6) is 0 Å². The summed E-state index contributed by atoms with van der Waals surface area (Å²) in [6.07, 6.45) is 1.58. The smallest absolute Gasteiger partial charge is 0.240 e. The third-order valence-corrected chi connectivity index (χ3v) is 5.51. The molecular weight excluding hydrogens is 374 g/mol. The third kappa shape index (κ3) is 4.86. The van der Waals surface area contributed by atoms with Crippen molar-refractivity contribution in [1.29, 1.82) is 0 Å². The average molecular weight is 404 g/mol. The molecule has 0 aliphatic heterocycles. The van der Waals surface area contributed by atoms with E-state index in [9.17, 15) is 9.90 Å². The maximum Gasteiger partial charge on any atom is 0.240 e. The number of hydrogen-bond acceptors (Lipinski definition) is 3. The number of aryl methyl sites for hydroxylation is 2. The van der Waals surface area contributed by atoms with E-state index in [-0.39, 0.29) is 12.3 Å². The van der Waals surface area contributed by atoms with Gasteiger partial charge in [0.05, 0.1) is 12.3 Å². The average Bonchev–Trinajstić information content (AvgIpc) is 3.02. The number of aromatic nitrogens is 1. The minimum Gasteiger partial charge on any atom is -0.388 e. The lowest BCUT2D eigenvalue weighted by Gasteiger charge is -2.14. The highest BCUT2D eigenvalue weighted by molar-refractivity contribution is 5.84. The number of benzene rings is 2. The molecule has 3 aromatic rings. The standard InChI is InChI=1S/C25H29N3O2/c1-17-9-8-12-23(19(17)3)28-18(2)15-22(20(28)4)16-26-27-25(30)14-13-24(29)21-10-6-5-7-11-21/h5-12,15-16,24,29H,13-14H2,1-4H3,(H,27,30)/b26-16-/t24-/m0/s1. The maximum absolute atomic E-state index is 12.1. The number of nitrogens with one attached hydrogen (secondary N) is 1. The van der Waals surface area contributed by atoms with Gasteiger partial charge in [0.15, 0.2) is 0 Å². The molecule has 0 saturated heterocycles.